The van der Waals surface area contributed by atoms with Gasteiger partial charge in [-0.25, -0.2) is 4.98 Å². The maximum absolute atomic E-state index is 13.9. The highest BCUT2D eigenvalue weighted by Gasteiger charge is 2.29. The zero-order chi connectivity index (χ0) is 31.2. The summed E-state index contributed by atoms with van der Waals surface area (Å²) in [5.41, 5.74) is 6.70. The van der Waals surface area contributed by atoms with Crippen molar-refractivity contribution in [1.82, 2.24) is 19.4 Å². The summed E-state index contributed by atoms with van der Waals surface area (Å²) in [7, 11) is 1.78. The van der Waals surface area contributed by atoms with Crippen LogP contribution in [-0.2, 0) is 19.2 Å². The quantitative estimate of drug-likeness (QED) is 0.140. The Hall–Kier alpha value is -4.46. The van der Waals surface area contributed by atoms with Gasteiger partial charge >= 0.3 is 0 Å². The summed E-state index contributed by atoms with van der Waals surface area (Å²) in [6.45, 7) is 4.81. The Balaban J connectivity index is 1.14. The molecule has 1 fully saturated rings. The molecular formula is C38H38N4O2S. The molecule has 0 radical (unpaired) electrons. The number of carbonyl (C=O) groups is 1. The van der Waals surface area contributed by atoms with E-state index >= 15 is 0 Å². The molecule has 6 nitrogen and oxygen atoms in total. The maximum Gasteiger partial charge on any atom is 0.257 e. The fourth-order valence-corrected chi connectivity index (χ4v) is 7.11. The predicted octanol–water partition coefficient (Wildman–Crippen LogP) is 6.52. The maximum atomic E-state index is 13.9. The van der Waals surface area contributed by atoms with Crippen LogP contribution in [0, 0.1) is 6.92 Å². The second-order valence-electron chi connectivity index (χ2n) is 11.5. The van der Waals surface area contributed by atoms with E-state index in [2.05, 4.69) is 65.6 Å². The molecular weight excluding hydrogens is 577 g/mol. The molecule has 1 aliphatic rings. The first-order chi connectivity index (χ1) is 22.0. The molecule has 1 amide bonds. The number of amides is 1. The van der Waals surface area contributed by atoms with E-state index in [1.54, 1.807) is 11.6 Å². The van der Waals surface area contributed by atoms with Crippen molar-refractivity contribution in [3.63, 3.8) is 0 Å². The Labute approximate surface area is 269 Å². The van der Waals surface area contributed by atoms with Crippen molar-refractivity contribution in [3.05, 3.63) is 165 Å². The van der Waals surface area contributed by atoms with Gasteiger partial charge in [-0.15, -0.1) is 0 Å². The van der Waals surface area contributed by atoms with Crippen molar-refractivity contribution >= 4 is 17.7 Å². The Kier molecular flexibility index (Phi) is 9.58. The Bertz CT molecular complexity index is 1760. The number of carbonyl (C=O) groups excluding carboxylic acids is 1. The van der Waals surface area contributed by atoms with Crippen LogP contribution in [0.5, 0.6) is 0 Å². The molecule has 45 heavy (non-hydrogen) atoms. The molecule has 2 heterocycles. The molecule has 0 spiro atoms. The van der Waals surface area contributed by atoms with E-state index in [1.807, 2.05) is 66.4 Å². The fourth-order valence-electron chi connectivity index (χ4n) is 6.10. The zero-order valence-electron chi connectivity index (χ0n) is 25.8. The lowest BCUT2D eigenvalue weighted by molar-refractivity contribution is 0.0596. The van der Waals surface area contributed by atoms with Gasteiger partial charge in [0.05, 0.1) is 6.04 Å². The number of hydrogen-bond donors (Lipinski definition) is 0. The molecule has 1 aromatic heterocycles. The van der Waals surface area contributed by atoms with Gasteiger partial charge < -0.3 is 4.90 Å². The number of nitrogens with zero attached hydrogens (tertiary/aromatic N) is 4. The third-order valence-corrected chi connectivity index (χ3v) is 9.65. The highest BCUT2D eigenvalue weighted by molar-refractivity contribution is 7.98. The summed E-state index contributed by atoms with van der Waals surface area (Å²) in [6.07, 6.45) is 0.555. The van der Waals surface area contributed by atoms with Crippen LogP contribution in [0.15, 0.2) is 125 Å². The molecule has 5 aromatic rings. The average molecular weight is 615 g/mol. The summed E-state index contributed by atoms with van der Waals surface area (Å²) in [4.78, 5) is 36.4. The molecule has 6 rings (SSSR count). The zero-order valence-corrected chi connectivity index (χ0v) is 26.6. The molecule has 228 valence electrons. The predicted molar refractivity (Wildman–Crippen MR) is 182 cm³/mol. The van der Waals surface area contributed by atoms with Crippen LogP contribution < -0.4 is 5.56 Å². The van der Waals surface area contributed by atoms with Crippen LogP contribution in [-0.4, -0.2) is 51.4 Å². The lowest BCUT2D eigenvalue weighted by Gasteiger charge is -2.40. The lowest BCUT2D eigenvalue weighted by Crippen LogP contribution is -2.50. The van der Waals surface area contributed by atoms with E-state index < -0.39 is 0 Å². The molecule has 0 unspecified atom stereocenters. The van der Waals surface area contributed by atoms with Crippen LogP contribution in [0.4, 0.5) is 0 Å². The van der Waals surface area contributed by atoms with Gasteiger partial charge in [0.25, 0.3) is 11.5 Å². The van der Waals surface area contributed by atoms with E-state index in [1.165, 1.54) is 22.9 Å². The average Bonchev–Trinajstić information content (AvgIpc) is 3.09. The molecule has 7 heteroatoms. The van der Waals surface area contributed by atoms with Crippen molar-refractivity contribution in [2.45, 2.75) is 30.3 Å². The number of aryl methyl sites for hydroxylation is 1. The molecule has 0 saturated carbocycles. The number of rotatable bonds is 9. The van der Waals surface area contributed by atoms with Gasteiger partial charge in [-0.2, -0.15) is 0 Å². The first kappa shape index (κ1) is 30.6. The van der Waals surface area contributed by atoms with Crippen LogP contribution in [0.2, 0.25) is 0 Å². The summed E-state index contributed by atoms with van der Waals surface area (Å²) >= 11 is 1.49. The second kappa shape index (κ2) is 14.1. The monoisotopic (exact) mass is 614 g/mol. The number of hydrogen-bond acceptors (Lipinski definition) is 5. The minimum Gasteiger partial charge on any atom is -0.336 e. The van der Waals surface area contributed by atoms with Gasteiger partial charge in [-0.05, 0) is 35.2 Å². The van der Waals surface area contributed by atoms with Crippen molar-refractivity contribution in [2.75, 3.05) is 26.2 Å². The third-order valence-electron chi connectivity index (χ3n) is 8.58. The highest BCUT2D eigenvalue weighted by atomic mass is 32.2. The van der Waals surface area contributed by atoms with E-state index in [0.29, 0.717) is 41.5 Å². The summed E-state index contributed by atoms with van der Waals surface area (Å²) in [5.74, 6) is 0.599. The van der Waals surface area contributed by atoms with Crippen molar-refractivity contribution in [3.8, 4) is 0 Å². The summed E-state index contributed by atoms with van der Waals surface area (Å²) in [6, 6.07) is 39.2. The van der Waals surface area contributed by atoms with E-state index in [-0.39, 0.29) is 17.5 Å². The van der Waals surface area contributed by atoms with Crippen molar-refractivity contribution in [1.29, 1.82) is 0 Å². The number of thioether (sulfide) groups is 1. The van der Waals surface area contributed by atoms with Gasteiger partial charge in [-0.3, -0.25) is 19.1 Å². The lowest BCUT2D eigenvalue weighted by atomic mass is 9.96. The molecule has 0 N–H and O–H groups in total. The molecule has 4 aromatic carbocycles. The van der Waals surface area contributed by atoms with Gasteiger partial charge in [-0.1, -0.05) is 121 Å². The SMILES string of the molecule is Cc1nc(SCc2ccccc2C(=O)N2CCN(C(c3ccccc3)c3ccccc3)CC2)n(C)c(=O)c1Cc1ccccc1. The highest BCUT2D eigenvalue weighted by Crippen LogP contribution is 2.30. The molecule has 1 aliphatic heterocycles. The summed E-state index contributed by atoms with van der Waals surface area (Å²) < 4.78 is 1.63. The van der Waals surface area contributed by atoms with Gasteiger partial charge in [0.2, 0.25) is 0 Å². The smallest absolute Gasteiger partial charge is 0.257 e. The Morgan fingerprint density at radius 2 is 1.33 bits per heavy atom. The normalized spacial score (nSPS) is 13.7. The van der Waals surface area contributed by atoms with Gasteiger partial charge in [0.1, 0.15) is 0 Å². The molecule has 1 saturated heterocycles. The van der Waals surface area contributed by atoms with E-state index in [9.17, 15) is 9.59 Å². The first-order valence-corrected chi connectivity index (χ1v) is 16.4. The largest absolute Gasteiger partial charge is 0.336 e. The standard InChI is InChI=1S/C38H38N4O2S/c1-28-34(26-29-14-6-3-7-15-29)36(43)40(2)38(39-28)45-27-32-20-12-13-21-33(32)37(44)42-24-22-41(23-25-42)35(30-16-8-4-9-17-30)31-18-10-5-11-19-31/h3-21,35H,22-27H2,1-2H3. The molecule has 0 bridgehead atoms. The van der Waals surface area contributed by atoms with E-state index in [4.69, 9.17) is 4.98 Å². The van der Waals surface area contributed by atoms with Gasteiger partial charge in [0.15, 0.2) is 5.16 Å². The van der Waals surface area contributed by atoms with Gasteiger partial charge in [0, 0.05) is 62.2 Å². The first-order valence-electron chi connectivity index (χ1n) is 15.4. The molecule has 0 atom stereocenters. The minimum atomic E-state index is -0.0274. The number of benzene rings is 4. The van der Waals surface area contributed by atoms with Crippen molar-refractivity contribution in [2.24, 2.45) is 7.05 Å². The minimum absolute atomic E-state index is 0.0274. The van der Waals surface area contributed by atoms with Crippen LogP contribution in [0.1, 0.15) is 49.9 Å². The van der Waals surface area contributed by atoms with E-state index in [0.717, 1.165) is 29.9 Å². The second-order valence-corrected chi connectivity index (χ2v) is 12.4. The Morgan fingerprint density at radius 3 is 1.96 bits per heavy atom. The van der Waals surface area contributed by atoms with Crippen LogP contribution in [0.3, 0.4) is 0 Å². The summed E-state index contributed by atoms with van der Waals surface area (Å²) in [5, 5.41) is 0.651. The number of aromatic nitrogens is 2. The number of piperazine rings is 1. The topological polar surface area (TPSA) is 58.4 Å². The third kappa shape index (κ3) is 6.95. The van der Waals surface area contributed by atoms with Crippen molar-refractivity contribution < 1.29 is 4.79 Å². The molecule has 0 aliphatic carbocycles. The van der Waals surface area contributed by atoms with Crippen LogP contribution >= 0.6 is 11.8 Å². The van der Waals surface area contributed by atoms with Crippen LogP contribution in [0.25, 0.3) is 0 Å². The Morgan fingerprint density at radius 1 is 0.778 bits per heavy atom. The fraction of sp³-hybridized carbons (Fsp3) is 0.237.